The third kappa shape index (κ3) is 4.49. The van der Waals surface area contributed by atoms with Gasteiger partial charge >= 0.3 is 0 Å². The van der Waals surface area contributed by atoms with E-state index < -0.39 is 0 Å². The highest BCUT2D eigenvalue weighted by Crippen LogP contribution is 2.29. The lowest BCUT2D eigenvalue weighted by Gasteiger charge is -2.22. The van der Waals surface area contributed by atoms with Crippen LogP contribution < -0.4 is 10.2 Å². The van der Waals surface area contributed by atoms with E-state index in [0.717, 1.165) is 17.7 Å². The van der Waals surface area contributed by atoms with Crippen molar-refractivity contribution in [1.29, 1.82) is 0 Å². The highest BCUT2D eigenvalue weighted by molar-refractivity contribution is 6.36. The van der Waals surface area contributed by atoms with E-state index in [1.165, 1.54) is 11.8 Å². The Kier molecular flexibility index (Phi) is 6.23. The van der Waals surface area contributed by atoms with Crippen molar-refractivity contribution in [2.75, 3.05) is 16.8 Å². The molecule has 0 aliphatic carbocycles. The summed E-state index contributed by atoms with van der Waals surface area (Å²) in [6.45, 7) is 3.27. The Morgan fingerprint density at radius 2 is 1.83 bits per heavy atom. The number of benzene rings is 2. The molecule has 2 aromatic carbocycles. The Labute approximate surface area is 151 Å². The maximum Gasteiger partial charge on any atom is 0.244 e. The van der Waals surface area contributed by atoms with Crippen LogP contribution >= 0.6 is 23.2 Å². The summed E-state index contributed by atoms with van der Waals surface area (Å²) in [5.74, 6) is -0.574. The molecule has 0 aliphatic heterocycles. The van der Waals surface area contributed by atoms with Crippen molar-refractivity contribution in [1.82, 2.24) is 0 Å². The van der Waals surface area contributed by atoms with Gasteiger partial charge < -0.3 is 10.2 Å². The minimum atomic E-state index is -0.294. The van der Waals surface area contributed by atoms with Crippen LogP contribution in [-0.4, -0.2) is 18.4 Å². The highest BCUT2D eigenvalue weighted by atomic mass is 35.5. The van der Waals surface area contributed by atoms with E-state index in [4.69, 9.17) is 23.2 Å². The predicted octanol–water partition coefficient (Wildman–Crippen LogP) is 4.55. The number of anilines is 2. The first-order chi connectivity index (χ1) is 11.4. The second-order valence-electron chi connectivity index (χ2n) is 5.26. The van der Waals surface area contributed by atoms with E-state index in [-0.39, 0.29) is 18.4 Å². The molecule has 2 aromatic rings. The number of hydrogen-bond acceptors (Lipinski definition) is 2. The Morgan fingerprint density at radius 1 is 1.12 bits per heavy atom. The first-order valence-electron chi connectivity index (χ1n) is 7.53. The molecular weight excluding hydrogens is 347 g/mol. The van der Waals surface area contributed by atoms with E-state index in [1.54, 1.807) is 18.2 Å². The third-order valence-corrected chi connectivity index (χ3v) is 4.09. The molecule has 0 heterocycles. The number of halogens is 2. The minimum Gasteiger partial charge on any atom is -0.324 e. The topological polar surface area (TPSA) is 49.4 Å². The molecule has 0 atom stereocenters. The van der Waals surface area contributed by atoms with Gasteiger partial charge in [-0.3, -0.25) is 9.59 Å². The van der Waals surface area contributed by atoms with Crippen molar-refractivity contribution in [3.63, 3.8) is 0 Å². The van der Waals surface area contributed by atoms with Crippen molar-refractivity contribution in [3.05, 3.63) is 58.1 Å². The van der Waals surface area contributed by atoms with Gasteiger partial charge in [-0.15, -0.1) is 0 Å². The van der Waals surface area contributed by atoms with Crippen LogP contribution in [0.4, 0.5) is 11.4 Å². The first-order valence-corrected chi connectivity index (χ1v) is 8.29. The van der Waals surface area contributed by atoms with Gasteiger partial charge in [-0.2, -0.15) is 0 Å². The fourth-order valence-electron chi connectivity index (χ4n) is 2.35. The second kappa shape index (κ2) is 8.18. The fraction of sp³-hybridized carbons (Fsp3) is 0.222. The van der Waals surface area contributed by atoms with Gasteiger partial charge in [-0.25, -0.2) is 0 Å². The molecule has 126 valence electrons. The van der Waals surface area contributed by atoms with Crippen LogP contribution in [0.15, 0.2) is 42.5 Å². The average molecular weight is 365 g/mol. The van der Waals surface area contributed by atoms with Gasteiger partial charge in [0.2, 0.25) is 11.8 Å². The molecule has 0 saturated heterocycles. The number of para-hydroxylation sites is 1. The zero-order valence-electron chi connectivity index (χ0n) is 13.5. The summed E-state index contributed by atoms with van der Waals surface area (Å²) >= 11 is 12.0. The van der Waals surface area contributed by atoms with Crippen molar-refractivity contribution in [2.24, 2.45) is 0 Å². The predicted molar refractivity (Wildman–Crippen MR) is 98.9 cm³/mol. The van der Waals surface area contributed by atoms with Gasteiger partial charge in [0.05, 0.1) is 10.7 Å². The lowest BCUT2D eigenvalue weighted by atomic mass is 10.1. The lowest BCUT2D eigenvalue weighted by Crippen LogP contribution is -2.37. The standard InChI is InChI=1S/C18H18Cl2N2O2/c1-3-13-6-4-5-7-16(13)21-18(24)11-22(12(2)23)17-9-8-14(19)10-15(17)20/h4-10H,3,11H2,1-2H3,(H,21,24). The number of carbonyl (C=O) groups excluding carboxylic acids is 2. The van der Waals surface area contributed by atoms with Crippen molar-refractivity contribution >= 4 is 46.4 Å². The number of nitrogens with one attached hydrogen (secondary N) is 1. The molecule has 0 unspecified atom stereocenters. The summed E-state index contributed by atoms with van der Waals surface area (Å²) in [4.78, 5) is 25.6. The first kappa shape index (κ1) is 18.3. The summed E-state index contributed by atoms with van der Waals surface area (Å²) in [5, 5.41) is 3.63. The van der Waals surface area contributed by atoms with Crippen molar-refractivity contribution in [3.8, 4) is 0 Å². The smallest absolute Gasteiger partial charge is 0.244 e. The zero-order chi connectivity index (χ0) is 17.7. The Hall–Kier alpha value is -2.04. The third-order valence-electron chi connectivity index (χ3n) is 3.55. The van der Waals surface area contributed by atoms with Crippen LogP contribution in [0.1, 0.15) is 19.4 Å². The van der Waals surface area contributed by atoms with E-state index in [0.29, 0.717) is 15.7 Å². The molecule has 4 nitrogen and oxygen atoms in total. The quantitative estimate of drug-likeness (QED) is 0.845. The Bertz CT molecular complexity index is 762. The average Bonchev–Trinajstić information content (AvgIpc) is 2.53. The summed E-state index contributed by atoms with van der Waals surface area (Å²) in [5.41, 5.74) is 2.23. The molecule has 0 aliphatic rings. The summed E-state index contributed by atoms with van der Waals surface area (Å²) in [7, 11) is 0. The van der Waals surface area contributed by atoms with Gasteiger partial charge in [0.1, 0.15) is 6.54 Å². The molecule has 24 heavy (non-hydrogen) atoms. The van der Waals surface area contributed by atoms with E-state index in [1.807, 2.05) is 31.2 Å². The molecular formula is C18H18Cl2N2O2. The molecule has 0 spiro atoms. The van der Waals surface area contributed by atoms with Crippen LogP contribution in [-0.2, 0) is 16.0 Å². The molecule has 0 radical (unpaired) electrons. The molecule has 2 rings (SSSR count). The largest absolute Gasteiger partial charge is 0.324 e. The number of nitrogens with zero attached hydrogens (tertiary/aromatic N) is 1. The van der Waals surface area contributed by atoms with E-state index in [2.05, 4.69) is 5.32 Å². The lowest BCUT2D eigenvalue weighted by molar-refractivity contribution is -0.120. The molecule has 2 amide bonds. The van der Waals surface area contributed by atoms with Gasteiger partial charge in [-0.1, -0.05) is 48.3 Å². The van der Waals surface area contributed by atoms with Gasteiger partial charge in [0.25, 0.3) is 0 Å². The minimum absolute atomic E-state index is 0.130. The maximum atomic E-state index is 12.4. The van der Waals surface area contributed by atoms with Crippen LogP contribution in [0, 0.1) is 0 Å². The van der Waals surface area contributed by atoms with E-state index >= 15 is 0 Å². The summed E-state index contributed by atoms with van der Waals surface area (Å²) in [6, 6.07) is 12.4. The second-order valence-corrected chi connectivity index (χ2v) is 6.10. The molecule has 0 bridgehead atoms. The number of hydrogen-bond donors (Lipinski definition) is 1. The number of amides is 2. The molecule has 0 fully saturated rings. The molecule has 0 aromatic heterocycles. The maximum absolute atomic E-state index is 12.4. The fourth-order valence-corrected chi connectivity index (χ4v) is 2.86. The molecule has 1 N–H and O–H groups in total. The highest BCUT2D eigenvalue weighted by Gasteiger charge is 2.19. The van der Waals surface area contributed by atoms with Crippen LogP contribution in [0.2, 0.25) is 10.0 Å². The molecule has 0 saturated carbocycles. The van der Waals surface area contributed by atoms with Crippen molar-refractivity contribution < 1.29 is 9.59 Å². The van der Waals surface area contributed by atoms with Crippen LogP contribution in [0.25, 0.3) is 0 Å². The monoisotopic (exact) mass is 364 g/mol. The van der Waals surface area contributed by atoms with Crippen LogP contribution in [0.3, 0.4) is 0 Å². The SMILES string of the molecule is CCc1ccccc1NC(=O)CN(C(C)=O)c1ccc(Cl)cc1Cl. The normalized spacial score (nSPS) is 10.3. The van der Waals surface area contributed by atoms with Crippen molar-refractivity contribution in [2.45, 2.75) is 20.3 Å². The number of carbonyl (C=O) groups is 2. The van der Waals surface area contributed by atoms with Gasteiger partial charge in [0.15, 0.2) is 0 Å². The van der Waals surface area contributed by atoms with E-state index in [9.17, 15) is 9.59 Å². The summed E-state index contributed by atoms with van der Waals surface area (Å²) < 4.78 is 0. The summed E-state index contributed by atoms with van der Waals surface area (Å²) in [6.07, 6.45) is 0.801. The number of rotatable bonds is 5. The van der Waals surface area contributed by atoms with Gasteiger partial charge in [-0.05, 0) is 36.2 Å². The Morgan fingerprint density at radius 3 is 2.46 bits per heavy atom. The van der Waals surface area contributed by atoms with Crippen LogP contribution in [0.5, 0.6) is 0 Å². The van der Waals surface area contributed by atoms with Gasteiger partial charge in [0, 0.05) is 17.6 Å². The zero-order valence-corrected chi connectivity index (χ0v) is 15.0. The number of aryl methyl sites for hydroxylation is 1. The Balaban J connectivity index is 2.19. The molecule has 6 heteroatoms.